The van der Waals surface area contributed by atoms with Crippen molar-refractivity contribution in [2.24, 2.45) is 5.41 Å². The zero-order valence-electron chi connectivity index (χ0n) is 10.5. The lowest BCUT2D eigenvalue weighted by Crippen LogP contribution is -2.44. The predicted molar refractivity (Wildman–Crippen MR) is 70.6 cm³/mol. The molecule has 100 valence electrons. The van der Waals surface area contributed by atoms with Gasteiger partial charge in [-0.05, 0) is 24.8 Å². The average Bonchev–Trinajstić information content (AvgIpc) is 2.86. The van der Waals surface area contributed by atoms with Gasteiger partial charge in [0, 0.05) is 11.4 Å². The van der Waals surface area contributed by atoms with E-state index in [2.05, 4.69) is 10.6 Å². The third kappa shape index (κ3) is 4.03. The number of amides is 2. The van der Waals surface area contributed by atoms with Crippen LogP contribution in [0.15, 0.2) is 17.5 Å². The number of hydrogen-bond acceptors (Lipinski definition) is 3. The van der Waals surface area contributed by atoms with Crippen LogP contribution in [0.1, 0.15) is 25.1 Å². The van der Waals surface area contributed by atoms with Gasteiger partial charge >= 0.3 is 12.0 Å². The summed E-state index contributed by atoms with van der Waals surface area (Å²) in [7, 11) is 0. The molecule has 2 amide bonds. The third-order valence-corrected chi connectivity index (χ3v) is 3.82. The molecular weight excluding hydrogens is 252 g/mol. The van der Waals surface area contributed by atoms with Crippen LogP contribution < -0.4 is 10.6 Å². The van der Waals surface area contributed by atoms with Crippen LogP contribution in [0.5, 0.6) is 0 Å². The Kier molecular flexibility index (Phi) is 5.15. The number of aliphatic carboxylic acids is 1. The Morgan fingerprint density at radius 3 is 2.67 bits per heavy atom. The van der Waals surface area contributed by atoms with E-state index in [0.717, 1.165) is 4.88 Å². The molecule has 0 aliphatic rings. The van der Waals surface area contributed by atoms with Gasteiger partial charge in [0.25, 0.3) is 0 Å². The Morgan fingerprint density at radius 1 is 1.44 bits per heavy atom. The van der Waals surface area contributed by atoms with E-state index in [9.17, 15) is 9.59 Å². The highest BCUT2D eigenvalue weighted by Crippen LogP contribution is 2.19. The monoisotopic (exact) mass is 270 g/mol. The minimum absolute atomic E-state index is 0.120. The van der Waals surface area contributed by atoms with Crippen LogP contribution in [-0.4, -0.2) is 23.7 Å². The Balaban J connectivity index is 2.34. The van der Waals surface area contributed by atoms with E-state index < -0.39 is 11.4 Å². The van der Waals surface area contributed by atoms with Gasteiger partial charge < -0.3 is 15.7 Å². The summed E-state index contributed by atoms with van der Waals surface area (Å²) in [5.41, 5.74) is -0.916. The Bertz CT molecular complexity index is 405. The molecular formula is C12H18N2O3S. The first-order chi connectivity index (χ1) is 8.48. The van der Waals surface area contributed by atoms with Gasteiger partial charge in [0.1, 0.15) is 0 Å². The summed E-state index contributed by atoms with van der Waals surface area (Å²) in [5, 5.41) is 16.3. The van der Waals surface area contributed by atoms with Crippen LogP contribution in [0.2, 0.25) is 0 Å². The second-order valence-corrected chi connectivity index (χ2v) is 5.37. The molecule has 1 unspecified atom stereocenters. The van der Waals surface area contributed by atoms with Gasteiger partial charge in [0.2, 0.25) is 0 Å². The van der Waals surface area contributed by atoms with E-state index >= 15 is 0 Å². The summed E-state index contributed by atoms with van der Waals surface area (Å²) < 4.78 is 0. The van der Waals surface area contributed by atoms with Crippen molar-refractivity contribution in [1.82, 2.24) is 10.6 Å². The maximum absolute atomic E-state index is 11.5. The molecule has 0 spiro atoms. The Morgan fingerprint density at radius 2 is 2.17 bits per heavy atom. The number of thiophene rings is 1. The first-order valence-corrected chi connectivity index (χ1v) is 6.63. The maximum Gasteiger partial charge on any atom is 0.315 e. The van der Waals surface area contributed by atoms with Crippen molar-refractivity contribution < 1.29 is 14.7 Å². The highest BCUT2D eigenvalue weighted by atomic mass is 32.1. The zero-order valence-corrected chi connectivity index (χ0v) is 11.3. The number of urea groups is 1. The molecule has 5 nitrogen and oxygen atoms in total. The molecule has 18 heavy (non-hydrogen) atoms. The third-order valence-electron chi connectivity index (χ3n) is 2.94. The lowest BCUT2D eigenvalue weighted by Gasteiger charge is -2.23. The molecule has 1 atom stereocenters. The summed E-state index contributed by atoms with van der Waals surface area (Å²) in [6.07, 6.45) is 0.466. The van der Waals surface area contributed by atoms with Crippen LogP contribution in [0.4, 0.5) is 4.79 Å². The van der Waals surface area contributed by atoms with E-state index in [0.29, 0.717) is 13.0 Å². The molecule has 0 saturated carbocycles. The van der Waals surface area contributed by atoms with Crippen LogP contribution in [-0.2, 0) is 11.3 Å². The number of nitrogens with one attached hydrogen (secondary N) is 2. The average molecular weight is 270 g/mol. The fraction of sp³-hybridized carbons (Fsp3) is 0.500. The normalized spacial score (nSPS) is 13.7. The highest BCUT2D eigenvalue weighted by Gasteiger charge is 2.31. The zero-order chi connectivity index (χ0) is 13.6. The summed E-state index contributed by atoms with van der Waals surface area (Å²) in [5.74, 6) is -0.899. The fourth-order valence-electron chi connectivity index (χ4n) is 1.27. The summed E-state index contributed by atoms with van der Waals surface area (Å²) in [6, 6.07) is 3.50. The van der Waals surface area contributed by atoms with Crippen LogP contribution in [0.3, 0.4) is 0 Å². The molecule has 1 aromatic rings. The van der Waals surface area contributed by atoms with Gasteiger partial charge in [-0.15, -0.1) is 11.3 Å². The van der Waals surface area contributed by atoms with E-state index in [1.807, 2.05) is 17.5 Å². The van der Waals surface area contributed by atoms with Gasteiger partial charge in [0.05, 0.1) is 12.0 Å². The first kappa shape index (κ1) is 14.5. The molecule has 6 heteroatoms. The maximum atomic E-state index is 11.5. The van der Waals surface area contributed by atoms with Crippen molar-refractivity contribution in [2.75, 3.05) is 6.54 Å². The minimum Gasteiger partial charge on any atom is -0.481 e. The molecule has 0 bridgehead atoms. The van der Waals surface area contributed by atoms with Crippen LogP contribution in [0, 0.1) is 5.41 Å². The molecule has 3 N–H and O–H groups in total. The van der Waals surface area contributed by atoms with E-state index in [1.54, 1.807) is 25.2 Å². The van der Waals surface area contributed by atoms with Crippen molar-refractivity contribution in [3.8, 4) is 0 Å². The lowest BCUT2D eigenvalue weighted by molar-refractivity contribution is -0.147. The first-order valence-electron chi connectivity index (χ1n) is 5.75. The number of carbonyl (C=O) groups excluding carboxylic acids is 1. The smallest absolute Gasteiger partial charge is 0.315 e. The van der Waals surface area contributed by atoms with Crippen LogP contribution in [0.25, 0.3) is 0 Å². The predicted octanol–water partition coefficient (Wildman–Crippen LogP) is 2.05. The molecule has 0 fully saturated rings. The molecule has 1 heterocycles. The van der Waals surface area contributed by atoms with Crippen molar-refractivity contribution >= 4 is 23.3 Å². The van der Waals surface area contributed by atoms with E-state index in [1.165, 1.54) is 0 Å². The van der Waals surface area contributed by atoms with Crippen LogP contribution >= 0.6 is 11.3 Å². The van der Waals surface area contributed by atoms with Crippen molar-refractivity contribution in [3.05, 3.63) is 22.4 Å². The largest absolute Gasteiger partial charge is 0.481 e. The molecule has 0 radical (unpaired) electrons. The standard InChI is InChI=1S/C12H18N2O3S/c1-3-12(2,10(15)16)8-14-11(17)13-7-9-5-4-6-18-9/h4-6H,3,7-8H2,1-2H3,(H,15,16)(H2,13,14,17). The SMILES string of the molecule is CCC(C)(CNC(=O)NCc1cccs1)C(=O)O. The molecule has 0 saturated heterocycles. The molecule has 0 aromatic carbocycles. The topological polar surface area (TPSA) is 78.4 Å². The number of hydrogen-bond donors (Lipinski definition) is 3. The lowest BCUT2D eigenvalue weighted by atomic mass is 9.88. The summed E-state index contributed by atoms with van der Waals surface area (Å²) in [4.78, 5) is 23.6. The quantitative estimate of drug-likeness (QED) is 0.740. The summed E-state index contributed by atoms with van der Waals surface area (Å²) in [6.45, 7) is 3.99. The summed E-state index contributed by atoms with van der Waals surface area (Å²) >= 11 is 1.56. The second-order valence-electron chi connectivity index (χ2n) is 4.33. The number of carboxylic acid groups (broad SMARTS) is 1. The minimum atomic E-state index is -0.916. The highest BCUT2D eigenvalue weighted by molar-refractivity contribution is 7.09. The van der Waals surface area contributed by atoms with Crippen molar-refractivity contribution in [3.63, 3.8) is 0 Å². The molecule has 0 aliphatic carbocycles. The second kappa shape index (κ2) is 6.39. The van der Waals surface area contributed by atoms with Gasteiger partial charge in [-0.2, -0.15) is 0 Å². The Hall–Kier alpha value is -1.56. The van der Waals surface area contributed by atoms with Gasteiger partial charge in [-0.25, -0.2) is 4.79 Å². The molecule has 1 rings (SSSR count). The number of rotatable bonds is 6. The van der Waals surface area contributed by atoms with Gasteiger partial charge in [-0.1, -0.05) is 13.0 Å². The van der Waals surface area contributed by atoms with Crippen molar-refractivity contribution in [2.45, 2.75) is 26.8 Å². The van der Waals surface area contributed by atoms with Gasteiger partial charge in [-0.3, -0.25) is 4.79 Å². The molecule has 0 aliphatic heterocycles. The number of carbonyl (C=O) groups is 2. The molecule has 1 aromatic heterocycles. The van der Waals surface area contributed by atoms with Gasteiger partial charge in [0.15, 0.2) is 0 Å². The number of carboxylic acids is 1. The van der Waals surface area contributed by atoms with E-state index in [4.69, 9.17) is 5.11 Å². The van der Waals surface area contributed by atoms with E-state index in [-0.39, 0.29) is 12.6 Å². The van der Waals surface area contributed by atoms with Crippen molar-refractivity contribution in [1.29, 1.82) is 0 Å². The fourth-order valence-corrected chi connectivity index (χ4v) is 1.91. The Labute approximate surface area is 110 Å².